The molecule has 3 aromatic heterocycles. The minimum Gasteiger partial charge on any atom is -0.494 e. The molecule has 0 bridgehead atoms. The maximum absolute atomic E-state index is 12.2. The van der Waals surface area contributed by atoms with Gasteiger partial charge in [0, 0.05) is 32.4 Å². The molecule has 0 aliphatic carbocycles. The molecule has 0 spiro atoms. The van der Waals surface area contributed by atoms with Crippen molar-refractivity contribution in [3.8, 4) is 17.3 Å². The number of methoxy groups -OCH3 is 1. The normalized spacial score (nSPS) is 10.9. The summed E-state index contributed by atoms with van der Waals surface area (Å²) in [6.07, 6.45) is 6.28. The lowest BCUT2D eigenvalue weighted by Crippen LogP contribution is -2.29. The molecular weight excluding hydrogens is 458 g/mol. The monoisotopic (exact) mass is 487 g/mol. The number of likely N-dealkylation sites (N-methyl/N-ethyl adjacent to an activating group) is 2. The van der Waals surface area contributed by atoms with E-state index < -0.39 is 0 Å². The van der Waals surface area contributed by atoms with Gasteiger partial charge in [-0.1, -0.05) is 12.6 Å². The summed E-state index contributed by atoms with van der Waals surface area (Å²) in [5.74, 6) is 1.03. The maximum atomic E-state index is 12.2. The lowest BCUT2D eigenvalue weighted by molar-refractivity contribution is -0.111. The SMILES string of the molecule is C=CC(=O)Nc1cc(Nc2ncnc(-c3cnc4ccccn34)n2)c(OC)cc1N(C)CCN(C)C. The molecule has 186 valence electrons. The second-order valence-electron chi connectivity index (χ2n) is 8.32. The van der Waals surface area contributed by atoms with Crippen LogP contribution in [0, 0.1) is 0 Å². The van der Waals surface area contributed by atoms with Gasteiger partial charge in [-0.3, -0.25) is 9.20 Å². The molecule has 4 rings (SSSR count). The van der Waals surface area contributed by atoms with Gasteiger partial charge in [0.05, 0.1) is 30.4 Å². The predicted molar refractivity (Wildman–Crippen MR) is 141 cm³/mol. The van der Waals surface area contributed by atoms with Gasteiger partial charge >= 0.3 is 0 Å². The van der Waals surface area contributed by atoms with Crippen molar-refractivity contribution in [1.29, 1.82) is 0 Å². The highest BCUT2D eigenvalue weighted by molar-refractivity contribution is 6.02. The molecular formula is C25H29N9O2. The van der Waals surface area contributed by atoms with Gasteiger partial charge in [0.1, 0.15) is 23.4 Å². The first kappa shape index (κ1) is 24.6. The van der Waals surface area contributed by atoms with Crippen molar-refractivity contribution in [2.75, 3.05) is 56.9 Å². The molecule has 0 atom stereocenters. The smallest absolute Gasteiger partial charge is 0.247 e. The summed E-state index contributed by atoms with van der Waals surface area (Å²) >= 11 is 0. The van der Waals surface area contributed by atoms with Crippen molar-refractivity contribution in [2.24, 2.45) is 0 Å². The molecule has 0 unspecified atom stereocenters. The second-order valence-corrected chi connectivity index (χ2v) is 8.32. The molecule has 2 N–H and O–H groups in total. The lowest BCUT2D eigenvalue weighted by Gasteiger charge is -2.25. The molecule has 0 saturated heterocycles. The number of anilines is 4. The number of nitrogens with one attached hydrogen (secondary N) is 2. The Morgan fingerprint density at radius 1 is 1.14 bits per heavy atom. The highest BCUT2D eigenvalue weighted by Gasteiger charge is 2.17. The zero-order chi connectivity index (χ0) is 25.7. The van der Waals surface area contributed by atoms with Crippen molar-refractivity contribution in [3.63, 3.8) is 0 Å². The number of hydrogen-bond acceptors (Lipinski definition) is 9. The fraction of sp³-hybridized carbons (Fsp3) is 0.240. The number of nitrogens with zero attached hydrogens (tertiary/aromatic N) is 7. The Labute approximate surface area is 209 Å². The number of amides is 1. The number of benzene rings is 1. The highest BCUT2D eigenvalue weighted by Crippen LogP contribution is 2.38. The summed E-state index contributed by atoms with van der Waals surface area (Å²) in [7, 11) is 7.57. The Balaban J connectivity index is 1.69. The van der Waals surface area contributed by atoms with Crippen molar-refractivity contribution >= 4 is 34.6 Å². The lowest BCUT2D eigenvalue weighted by atomic mass is 10.2. The number of imidazole rings is 1. The van der Waals surface area contributed by atoms with E-state index in [0.717, 1.165) is 30.1 Å². The highest BCUT2D eigenvalue weighted by atomic mass is 16.5. The number of pyridine rings is 1. The quantitative estimate of drug-likeness (QED) is 0.326. The zero-order valence-electron chi connectivity index (χ0n) is 20.8. The molecule has 0 aliphatic rings. The van der Waals surface area contributed by atoms with E-state index in [-0.39, 0.29) is 5.91 Å². The van der Waals surface area contributed by atoms with E-state index in [2.05, 4.69) is 46.9 Å². The van der Waals surface area contributed by atoms with Crippen LogP contribution >= 0.6 is 0 Å². The Morgan fingerprint density at radius 3 is 2.72 bits per heavy atom. The molecule has 4 aromatic rings. The number of carbonyl (C=O) groups is 1. The summed E-state index contributed by atoms with van der Waals surface area (Å²) in [4.78, 5) is 33.9. The fourth-order valence-electron chi connectivity index (χ4n) is 3.60. The first-order valence-corrected chi connectivity index (χ1v) is 11.3. The van der Waals surface area contributed by atoms with Crippen LogP contribution in [0.4, 0.5) is 23.0 Å². The third kappa shape index (κ3) is 5.41. The van der Waals surface area contributed by atoms with Crippen LogP contribution in [0.3, 0.4) is 0 Å². The Bertz CT molecular complexity index is 1380. The molecule has 11 nitrogen and oxygen atoms in total. The van der Waals surface area contributed by atoms with Crippen LogP contribution in [0.1, 0.15) is 0 Å². The van der Waals surface area contributed by atoms with E-state index >= 15 is 0 Å². The van der Waals surface area contributed by atoms with Crippen LogP contribution in [0.15, 0.2) is 61.7 Å². The van der Waals surface area contributed by atoms with Crippen LogP contribution in [-0.2, 0) is 4.79 Å². The summed E-state index contributed by atoms with van der Waals surface area (Å²) in [6.45, 7) is 5.15. The van der Waals surface area contributed by atoms with Crippen molar-refractivity contribution in [2.45, 2.75) is 0 Å². The van der Waals surface area contributed by atoms with E-state index in [1.54, 1.807) is 19.4 Å². The third-order valence-electron chi connectivity index (χ3n) is 5.52. The molecule has 3 heterocycles. The van der Waals surface area contributed by atoms with Crippen LogP contribution in [0.5, 0.6) is 5.75 Å². The van der Waals surface area contributed by atoms with E-state index in [1.807, 2.05) is 56.0 Å². The number of ether oxygens (including phenoxy) is 1. The zero-order valence-corrected chi connectivity index (χ0v) is 20.8. The number of aromatic nitrogens is 5. The Kier molecular flexibility index (Phi) is 7.40. The summed E-state index contributed by atoms with van der Waals surface area (Å²) in [5.41, 5.74) is 3.51. The summed E-state index contributed by atoms with van der Waals surface area (Å²) in [5, 5.41) is 6.09. The minimum absolute atomic E-state index is 0.316. The topological polar surface area (TPSA) is 113 Å². The number of hydrogen-bond donors (Lipinski definition) is 2. The van der Waals surface area contributed by atoms with Gasteiger partial charge in [-0.2, -0.15) is 4.98 Å². The average Bonchev–Trinajstić information content (AvgIpc) is 3.32. The number of carbonyl (C=O) groups excluding carboxylic acids is 1. The molecule has 0 aliphatic heterocycles. The van der Waals surface area contributed by atoms with Gasteiger partial charge in [0.25, 0.3) is 0 Å². The molecule has 36 heavy (non-hydrogen) atoms. The van der Waals surface area contributed by atoms with Gasteiger partial charge in [0.2, 0.25) is 11.9 Å². The van der Waals surface area contributed by atoms with Crippen LogP contribution in [0.2, 0.25) is 0 Å². The van der Waals surface area contributed by atoms with Gasteiger partial charge in [-0.05, 0) is 38.4 Å². The molecule has 0 saturated carbocycles. The maximum Gasteiger partial charge on any atom is 0.247 e. The summed E-state index contributed by atoms with van der Waals surface area (Å²) in [6, 6.07) is 9.40. The largest absolute Gasteiger partial charge is 0.494 e. The minimum atomic E-state index is -0.316. The van der Waals surface area contributed by atoms with Gasteiger partial charge in [0.15, 0.2) is 5.82 Å². The standard InChI is InChI=1S/C25H29N9O2/c1-6-23(35)29-17-13-18(21(36-5)14-19(17)33(4)12-11-32(2)3)30-25-28-16-27-24(31-25)20-15-26-22-9-7-8-10-34(20)22/h6-10,13-16H,1,11-12H2,2-5H3,(H,29,35)(H,27,28,30,31). The fourth-order valence-corrected chi connectivity index (χ4v) is 3.60. The summed E-state index contributed by atoms with van der Waals surface area (Å²) < 4.78 is 7.57. The van der Waals surface area contributed by atoms with E-state index in [0.29, 0.717) is 28.9 Å². The van der Waals surface area contributed by atoms with Crippen molar-refractivity contribution < 1.29 is 9.53 Å². The number of rotatable bonds is 10. The van der Waals surface area contributed by atoms with Crippen molar-refractivity contribution in [1.82, 2.24) is 29.2 Å². The van der Waals surface area contributed by atoms with Gasteiger partial charge in [-0.25, -0.2) is 15.0 Å². The van der Waals surface area contributed by atoms with Gasteiger partial charge < -0.3 is 25.2 Å². The molecule has 1 amide bonds. The van der Waals surface area contributed by atoms with E-state index in [4.69, 9.17) is 4.74 Å². The van der Waals surface area contributed by atoms with Crippen molar-refractivity contribution in [3.05, 3.63) is 61.7 Å². The van der Waals surface area contributed by atoms with E-state index in [1.165, 1.54) is 12.4 Å². The molecule has 1 aromatic carbocycles. The average molecular weight is 488 g/mol. The molecule has 0 radical (unpaired) electrons. The molecule has 11 heteroatoms. The first-order chi connectivity index (χ1) is 17.4. The predicted octanol–water partition coefficient (Wildman–Crippen LogP) is 3.06. The van der Waals surface area contributed by atoms with Crippen LogP contribution in [-0.4, -0.2) is 76.5 Å². The first-order valence-electron chi connectivity index (χ1n) is 11.3. The van der Waals surface area contributed by atoms with Crippen LogP contribution < -0.4 is 20.3 Å². The molecule has 0 fully saturated rings. The van der Waals surface area contributed by atoms with E-state index in [9.17, 15) is 4.79 Å². The third-order valence-corrected chi connectivity index (χ3v) is 5.52. The van der Waals surface area contributed by atoms with Gasteiger partial charge in [-0.15, -0.1) is 0 Å². The Morgan fingerprint density at radius 2 is 1.97 bits per heavy atom. The second kappa shape index (κ2) is 10.8. The Hall–Kier alpha value is -4.51. The van der Waals surface area contributed by atoms with Crippen LogP contribution in [0.25, 0.3) is 17.2 Å². The number of fused-ring (bicyclic) bond motifs is 1.